The van der Waals surface area contributed by atoms with Crippen molar-refractivity contribution in [3.8, 4) is 0 Å². The summed E-state index contributed by atoms with van der Waals surface area (Å²) in [6, 6.07) is 27.4. The first-order chi connectivity index (χ1) is 13.3. The molecule has 1 aliphatic rings. The number of aliphatic hydroxyl groups is 1. The maximum Gasteiger partial charge on any atom is 0.121 e. The molecular weight excluding hydrogens is 352 g/mol. The molecule has 0 saturated carbocycles. The van der Waals surface area contributed by atoms with Gasteiger partial charge in [-0.1, -0.05) is 66.4 Å². The molecule has 0 radical (unpaired) electrons. The lowest BCUT2D eigenvalue weighted by Crippen LogP contribution is -2.87. The zero-order valence-electron chi connectivity index (χ0n) is 15.3. The van der Waals surface area contributed by atoms with E-state index in [9.17, 15) is 5.11 Å². The summed E-state index contributed by atoms with van der Waals surface area (Å²) < 4.78 is 0. The van der Waals surface area contributed by atoms with Crippen LogP contribution in [0, 0.1) is 0 Å². The van der Waals surface area contributed by atoms with E-state index in [1.807, 2.05) is 6.07 Å². The molecule has 3 aromatic rings. The highest BCUT2D eigenvalue weighted by Crippen LogP contribution is 2.47. The van der Waals surface area contributed by atoms with Gasteiger partial charge in [-0.25, -0.2) is 0 Å². The highest BCUT2D eigenvalue weighted by molar-refractivity contribution is 7.99. The number of benzene rings is 3. The first kappa shape index (κ1) is 18.1. The number of rotatable bonds is 7. The quantitative estimate of drug-likeness (QED) is 0.620. The molecule has 138 valence electrons. The van der Waals surface area contributed by atoms with Crippen molar-refractivity contribution in [3.05, 3.63) is 84.4 Å². The van der Waals surface area contributed by atoms with Crippen LogP contribution in [0.25, 0.3) is 0 Å². The fraction of sp³-hybridized carbons (Fsp3) is 0.217. The fourth-order valence-corrected chi connectivity index (χ4v) is 4.58. The van der Waals surface area contributed by atoms with E-state index in [0.29, 0.717) is 13.1 Å². The van der Waals surface area contributed by atoms with Gasteiger partial charge in [-0.05, 0) is 29.8 Å². The first-order valence-corrected chi connectivity index (χ1v) is 10.3. The number of nitrogens with two attached hydrogens (primary N) is 1. The zero-order valence-corrected chi connectivity index (χ0v) is 16.1. The molecule has 0 spiro atoms. The van der Waals surface area contributed by atoms with Gasteiger partial charge in [-0.15, -0.1) is 0 Å². The second-order valence-electron chi connectivity index (χ2n) is 6.85. The number of hydrogen-bond donors (Lipinski definition) is 2. The lowest BCUT2D eigenvalue weighted by Gasteiger charge is -2.33. The molecule has 27 heavy (non-hydrogen) atoms. The number of aliphatic hydroxyl groups excluding tert-OH is 1. The summed E-state index contributed by atoms with van der Waals surface area (Å²) in [4.78, 5) is 4.75. The predicted molar refractivity (Wildman–Crippen MR) is 112 cm³/mol. The summed E-state index contributed by atoms with van der Waals surface area (Å²) >= 11 is 1.80. The fourth-order valence-electron chi connectivity index (χ4n) is 3.49. The number of anilines is 2. The van der Waals surface area contributed by atoms with Gasteiger partial charge in [-0.3, -0.25) is 0 Å². The van der Waals surface area contributed by atoms with Crippen molar-refractivity contribution >= 4 is 23.1 Å². The lowest BCUT2D eigenvalue weighted by atomic mass is 10.1. The second-order valence-corrected chi connectivity index (χ2v) is 7.93. The smallest absolute Gasteiger partial charge is 0.121 e. The van der Waals surface area contributed by atoms with Crippen LogP contribution in [0.2, 0.25) is 0 Å². The number of nitrogens with zero attached hydrogens (tertiary/aromatic N) is 1. The predicted octanol–water partition coefficient (Wildman–Crippen LogP) is 3.46. The van der Waals surface area contributed by atoms with Gasteiger partial charge in [-0.2, -0.15) is 0 Å². The molecule has 3 N–H and O–H groups in total. The van der Waals surface area contributed by atoms with Gasteiger partial charge < -0.3 is 15.3 Å². The summed E-state index contributed by atoms with van der Waals surface area (Å²) in [5.74, 6) is 0. The SMILES string of the molecule is O[C@H](C[NH2+]CCc1ccccc1)CN1c2ccccc2Sc2ccccc21. The number of hydrogen-bond acceptors (Lipinski definition) is 3. The Hall–Kier alpha value is -2.27. The van der Waals surface area contributed by atoms with Crippen LogP contribution in [0.15, 0.2) is 88.7 Å². The Bertz CT molecular complexity index is 839. The van der Waals surface area contributed by atoms with E-state index in [0.717, 1.165) is 13.0 Å². The number of para-hydroxylation sites is 2. The van der Waals surface area contributed by atoms with E-state index in [4.69, 9.17) is 0 Å². The Kier molecular flexibility index (Phi) is 5.78. The molecule has 3 aromatic carbocycles. The van der Waals surface area contributed by atoms with E-state index < -0.39 is 0 Å². The average Bonchev–Trinajstić information content (AvgIpc) is 2.72. The summed E-state index contributed by atoms with van der Waals surface area (Å²) in [5.41, 5.74) is 3.72. The third kappa shape index (κ3) is 4.35. The lowest BCUT2D eigenvalue weighted by molar-refractivity contribution is -0.660. The van der Waals surface area contributed by atoms with Crippen LogP contribution in [0.3, 0.4) is 0 Å². The van der Waals surface area contributed by atoms with Crippen molar-refractivity contribution in [2.45, 2.75) is 22.3 Å². The van der Waals surface area contributed by atoms with Crippen molar-refractivity contribution in [2.24, 2.45) is 0 Å². The van der Waals surface area contributed by atoms with Gasteiger partial charge in [0.2, 0.25) is 0 Å². The molecule has 0 fully saturated rings. The second kappa shape index (κ2) is 8.61. The van der Waals surface area contributed by atoms with Gasteiger partial charge in [0.05, 0.1) is 24.5 Å². The molecular formula is C23H25N2OS+. The molecule has 1 heterocycles. The minimum atomic E-state index is -0.384. The van der Waals surface area contributed by atoms with E-state index in [2.05, 4.69) is 83.0 Å². The Morgan fingerprint density at radius 3 is 2.07 bits per heavy atom. The molecule has 3 nitrogen and oxygen atoms in total. The van der Waals surface area contributed by atoms with Crippen LogP contribution in [0.4, 0.5) is 11.4 Å². The largest absolute Gasteiger partial charge is 0.385 e. The van der Waals surface area contributed by atoms with Crippen molar-refractivity contribution < 1.29 is 10.4 Å². The van der Waals surface area contributed by atoms with Gasteiger partial charge in [0.15, 0.2) is 0 Å². The minimum Gasteiger partial charge on any atom is -0.385 e. The Labute approximate surface area is 165 Å². The van der Waals surface area contributed by atoms with Gasteiger partial charge in [0.1, 0.15) is 12.6 Å². The van der Waals surface area contributed by atoms with Crippen LogP contribution in [0.1, 0.15) is 5.56 Å². The molecule has 0 amide bonds. The Balaban J connectivity index is 1.38. The minimum absolute atomic E-state index is 0.384. The number of fused-ring (bicyclic) bond motifs is 2. The van der Waals surface area contributed by atoms with E-state index in [1.54, 1.807) is 11.8 Å². The maximum atomic E-state index is 10.7. The molecule has 0 saturated heterocycles. The molecule has 0 aliphatic carbocycles. The van der Waals surface area contributed by atoms with Crippen LogP contribution in [-0.2, 0) is 6.42 Å². The highest BCUT2D eigenvalue weighted by Gasteiger charge is 2.24. The van der Waals surface area contributed by atoms with Crippen molar-refractivity contribution in [1.82, 2.24) is 0 Å². The van der Waals surface area contributed by atoms with Crippen LogP contribution < -0.4 is 10.2 Å². The van der Waals surface area contributed by atoms with Crippen molar-refractivity contribution in [1.29, 1.82) is 0 Å². The molecule has 4 rings (SSSR count). The summed E-state index contributed by atoms with van der Waals surface area (Å²) in [6.07, 6.45) is 0.643. The van der Waals surface area contributed by atoms with E-state index in [-0.39, 0.29) is 6.10 Å². The maximum absolute atomic E-state index is 10.7. The standard InChI is InChI=1S/C23H24N2OS/c26-19(16-24-15-14-18-8-2-1-3-9-18)17-25-20-10-4-6-12-22(20)27-23-13-7-5-11-21(23)25/h1-13,19,24,26H,14-17H2/p+1/t19-/m1/s1. The van der Waals surface area contributed by atoms with Crippen molar-refractivity contribution in [3.63, 3.8) is 0 Å². The molecule has 1 atom stereocenters. The summed E-state index contributed by atoms with van der Waals surface area (Å²) in [6.45, 7) is 2.31. The summed E-state index contributed by atoms with van der Waals surface area (Å²) in [5, 5.41) is 12.9. The van der Waals surface area contributed by atoms with Gasteiger partial charge in [0, 0.05) is 16.2 Å². The van der Waals surface area contributed by atoms with Crippen molar-refractivity contribution in [2.75, 3.05) is 24.5 Å². The van der Waals surface area contributed by atoms with E-state index in [1.165, 1.54) is 26.7 Å². The number of β-amino-alcohol motifs (C(OH)–C–C–N with tert-alkyl or cyclic N) is 1. The zero-order chi connectivity index (χ0) is 18.5. The molecule has 1 aliphatic heterocycles. The van der Waals surface area contributed by atoms with Gasteiger partial charge >= 0.3 is 0 Å². The average molecular weight is 378 g/mol. The highest BCUT2D eigenvalue weighted by atomic mass is 32.2. The monoisotopic (exact) mass is 377 g/mol. The van der Waals surface area contributed by atoms with Crippen LogP contribution in [0.5, 0.6) is 0 Å². The molecule has 0 aromatic heterocycles. The molecule has 0 bridgehead atoms. The molecule has 4 heteroatoms. The Morgan fingerprint density at radius 1 is 0.815 bits per heavy atom. The topological polar surface area (TPSA) is 40.1 Å². The third-order valence-corrected chi connectivity index (χ3v) is 5.97. The van der Waals surface area contributed by atoms with Crippen LogP contribution >= 0.6 is 11.8 Å². The third-order valence-electron chi connectivity index (χ3n) is 4.84. The first-order valence-electron chi connectivity index (χ1n) is 9.48. The number of quaternary nitrogens is 1. The normalized spacial score (nSPS) is 13.7. The Morgan fingerprint density at radius 2 is 1.41 bits per heavy atom. The van der Waals surface area contributed by atoms with E-state index >= 15 is 0 Å². The van der Waals surface area contributed by atoms with Gasteiger partial charge in [0.25, 0.3) is 0 Å². The summed E-state index contributed by atoms with van der Waals surface area (Å²) in [7, 11) is 0. The van der Waals surface area contributed by atoms with Crippen LogP contribution in [-0.4, -0.2) is 30.8 Å². The molecule has 0 unspecified atom stereocenters.